The van der Waals surface area contributed by atoms with E-state index in [9.17, 15) is 0 Å². The van der Waals surface area contributed by atoms with E-state index in [1.807, 2.05) is 30.3 Å². The minimum atomic E-state index is 0.640. The van der Waals surface area contributed by atoms with E-state index in [1.165, 1.54) is 0 Å². The van der Waals surface area contributed by atoms with Crippen LogP contribution in [0.25, 0.3) is 0 Å². The van der Waals surface area contributed by atoms with E-state index in [4.69, 9.17) is 21.1 Å². The summed E-state index contributed by atoms with van der Waals surface area (Å²) in [5, 5.41) is 0.640. The van der Waals surface area contributed by atoms with Gasteiger partial charge in [-0.1, -0.05) is 35.9 Å². The number of benzene rings is 2. The lowest BCUT2D eigenvalue weighted by Gasteiger charge is -2.25. The molecule has 0 unspecified atom stereocenters. The maximum Gasteiger partial charge on any atom is 0.131 e. The van der Waals surface area contributed by atoms with Crippen molar-refractivity contribution in [2.45, 2.75) is 13.1 Å². The van der Waals surface area contributed by atoms with Crippen LogP contribution in [0.1, 0.15) is 11.1 Å². The highest BCUT2D eigenvalue weighted by molar-refractivity contribution is 9.10. The first kappa shape index (κ1) is 19.5. The average molecular weight is 448 g/mol. The number of hydrogen-bond acceptors (Lipinski definition) is 4. The highest BCUT2D eigenvalue weighted by Gasteiger charge is 2.12. The Balaban J connectivity index is 1.88. The van der Waals surface area contributed by atoms with Crippen LogP contribution in [-0.4, -0.2) is 19.2 Å². The number of hydrogen-bond donors (Lipinski definition) is 0. The smallest absolute Gasteiger partial charge is 0.131 e. The standard InChI is InChI=1S/C21H20BrClN2O2/c1-26-18-7-3-15(4-8-18)13-25(21-12-17(23)11-20(22)24-21)14-16-5-9-19(27-2)10-6-16/h3-12H,13-14H2,1-2H3. The number of ether oxygens (including phenoxy) is 2. The zero-order valence-electron chi connectivity index (χ0n) is 15.2. The molecule has 0 aliphatic rings. The first-order valence-corrected chi connectivity index (χ1v) is 9.58. The van der Waals surface area contributed by atoms with Crippen molar-refractivity contribution in [2.24, 2.45) is 0 Å². The van der Waals surface area contributed by atoms with Gasteiger partial charge in [-0.05, 0) is 63.5 Å². The lowest BCUT2D eigenvalue weighted by molar-refractivity contribution is 0.414. The van der Waals surface area contributed by atoms with Gasteiger partial charge in [0, 0.05) is 18.1 Å². The highest BCUT2D eigenvalue weighted by Crippen LogP contribution is 2.26. The van der Waals surface area contributed by atoms with Crippen LogP contribution >= 0.6 is 27.5 Å². The Labute approximate surface area is 172 Å². The second-order valence-corrected chi connectivity index (χ2v) is 7.27. The summed E-state index contributed by atoms with van der Waals surface area (Å²) in [5.41, 5.74) is 2.31. The number of halogens is 2. The molecule has 4 nitrogen and oxygen atoms in total. The van der Waals surface area contributed by atoms with Crippen molar-refractivity contribution in [3.8, 4) is 11.5 Å². The summed E-state index contributed by atoms with van der Waals surface area (Å²) in [7, 11) is 3.33. The van der Waals surface area contributed by atoms with Crippen LogP contribution in [0.5, 0.6) is 11.5 Å². The molecule has 6 heteroatoms. The number of nitrogens with zero attached hydrogens (tertiary/aromatic N) is 2. The molecular formula is C21H20BrClN2O2. The topological polar surface area (TPSA) is 34.6 Å². The lowest BCUT2D eigenvalue weighted by Crippen LogP contribution is -2.23. The van der Waals surface area contributed by atoms with Crippen molar-refractivity contribution >= 4 is 33.3 Å². The second-order valence-electron chi connectivity index (χ2n) is 6.02. The molecule has 0 aliphatic carbocycles. The van der Waals surface area contributed by atoms with Crippen LogP contribution in [0.4, 0.5) is 5.82 Å². The Morgan fingerprint density at radius 3 is 1.74 bits per heavy atom. The zero-order valence-corrected chi connectivity index (χ0v) is 17.5. The SMILES string of the molecule is COc1ccc(CN(Cc2ccc(OC)cc2)c2cc(Cl)cc(Br)n2)cc1. The summed E-state index contributed by atoms with van der Waals surface area (Å²) in [6, 6.07) is 19.7. The van der Waals surface area contributed by atoms with Gasteiger partial charge >= 0.3 is 0 Å². The number of pyridine rings is 1. The fraction of sp³-hybridized carbons (Fsp3) is 0.190. The molecule has 2 aromatic carbocycles. The number of aromatic nitrogens is 1. The van der Waals surface area contributed by atoms with E-state index >= 15 is 0 Å². The monoisotopic (exact) mass is 446 g/mol. The van der Waals surface area contributed by atoms with Crippen LogP contribution in [0.15, 0.2) is 65.3 Å². The molecular weight excluding hydrogens is 428 g/mol. The Morgan fingerprint density at radius 1 is 0.852 bits per heavy atom. The Morgan fingerprint density at radius 2 is 1.33 bits per heavy atom. The summed E-state index contributed by atoms with van der Waals surface area (Å²) in [4.78, 5) is 6.78. The van der Waals surface area contributed by atoms with Crippen molar-refractivity contribution in [3.63, 3.8) is 0 Å². The molecule has 1 aromatic heterocycles. The lowest BCUT2D eigenvalue weighted by atomic mass is 10.1. The van der Waals surface area contributed by atoms with Gasteiger partial charge in [-0.2, -0.15) is 0 Å². The third kappa shape index (κ3) is 5.37. The van der Waals surface area contributed by atoms with Gasteiger partial charge < -0.3 is 14.4 Å². The van der Waals surface area contributed by atoms with Gasteiger partial charge in [0.25, 0.3) is 0 Å². The van der Waals surface area contributed by atoms with E-state index in [0.717, 1.165) is 28.4 Å². The number of methoxy groups -OCH3 is 2. The largest absolute Gasteiger partial charge is 0.497 e. The molecule has 0 spiro atoms. The summed E-state index contributed by atoms with van der Waals surface area (Å²) in [6.07, 6.45) is 0. The molecule has 0 atom stereocenters. The average Bonchev–Trinajstić information content (AvgIpc) is 2.68. The quantitative estimate of drug-likeness (QED) is 0.434. The first-order chi connectivity index (χ1) is 13.1. The molecule has 0 saturated heterocycles. The van der Waals surface area contributed by atoms with E-state index in [2.05, 4.69) is 50.1 Å². The van der Waals surface area contributed by atoms with Crippen molar-refractivity contribution in [1.29, 1.82) is 0 Å². The van der Waals surface area contributed by atoms with Gasteiger partial charge in [-0.25, -0.2) is 4.98 Å². The Hall–Kier alpha value is -2.24. The fourth-order valence-corrected chi connectivity index (χ4v) is 3.50. The second kappa shape index (κ2) is 9.11. The van der Waals surface area contributed by atoms with Gasteiger partial charge in [0.05, 0.1) is 14.2 Å². The summed E-state index contributed by atoms with van der Waals surface area (Å²) < 4.78 is 11.2. The minimum Gasteiger partial charge on any atom is -0.497 e. The van der Waals surface area contributed by atoms with Gasteiger partial charge in [-0.15, -0.1) is 0 Å². The molecule has 3 rings (SSSR count). The van der Waals surface area contributed by atoms with Crippen LogP contribution in [0.2, 0.25) is 5.02 Å². The van der Waals surface area contributed by atoms with Gasteiger partial charge in [0.2, 0.25) is 0 Å². The third-order valence-corrected chi connectivity index (χ3v) is 4.76. The Kier molecular flexibility index (Phi) is 6.58. The molecule has 0 N–H and O–H groups in total. The number of rotatable bonds is 7. The molecule has 140 valence electrons. The highest BCUT2D eigenvalue weighted by atomic mass is 79.9. The van der Waals surface area contributed by atoms with E-state index in [-0.39, 0.29) is 0 Å². The maximum absolute atomic E-state index is 6.25. The maximum atomic E-state index is 6.25. The molecule has 0 aliphatic heterocycles. The van der Waals surface area contributed by atoms with Crippen LogP contribution in [0, 0.1) is 0 Å². The molecule has 27 heavy (non-hydrogen) atoms. The molecule has 1 heterocycles. The van der Waals surface area contributed by atoms with Gasteiger partial charge in [0.1, 0.15) is 21.9 Å². The predicted molar refractivity (Wildman–Crippen MR) is 113 cm³/mol. The Bertz CT molecular complexity index is 816. The van der Waals surface area contributed by atoms with Crippen molar-refractivity contribution in [1.82, 2.24) is 4.98 Å². The van der Waals surface area contributed by atoms with Crippen LogP contribution in [-0.2, 0) is 13.1 Å². The minimum absolute atomic E-state index is 0.640. The van der Waals surface area contributed by atoms with E-state index in [1.54, 1.807) is 20.3 Å². The molecule has 0 bridgehead atoms. The zero-order chi connectivity index (χ0) is 19.2. The van der Waals surface area contributed by atoms with Crippen molar-refractivity contribution in [3.05, 3.63) is 81.4 Å². The van der Waals surface area contributed by atoms with E-state index in [0.29, 0.717) is 22.7 Å². The molecule has 3 aromatic rings. The summed E-state index contributed by atoms with van der Waals surface area (Å²) >= 11 is 9.68. The van der Waals surface area contributed by atoms with Gasteiger partial charge in [-0.3, -0.25) is 0 Å². The van der Waals surface area contributed by atoms with Crippen LogP contribution < -0.4 is 14.4 Å². The molecule has 0 fully saturated rings. The fourth-order valence-electron chi connectivity index (χ4n) is 2.74. The molecule has 0 saturated carbocycles. The third-order valence-electron chi connectivity index (χ3n) is 4.13. The van der Waals surface area contributed by atoms with Gasteiger partial charge in [0.15, 0.2) is 0 Å². The summed E-state index contributed by atoms with van der Waals surface area (Å²) in [5.74, 6) is 2.48. The molecule has 0 radical (unpaired) electrons. The van der Waals surface area contributed by atoms with Crippen molar-refractivity contribution in [2.75, 3.05) is 19.1 Å². The normalized spacial score (nSPS) is 10.5. The van der Waals surface area contributed by atoms with E-state index < -0.39 is 0 Å². The first-order valence-electron chi connectivity index (χ1n) is 8.41. The number of anilines is 1. The van der Waals surface area contributed by atoms with Crippen LogP contribution in [0.3, 0.4) is 0 Å². The predicted octanol–water partition coefficient (Wildman–Crippen LogP) is 5.72. The van der Waals surface area contributed by atoms with Crippen molar-refractivity contribution < 1.29 is 9.47 Å². The molecule has 0 amide bonds. The summed E-state index contributed by atoms with van der Waals surface area (Å²) in [6.45, 7) is 1.38.